The molecule has 1 fully saturated rings. The lowest BCUT2D eigenvalue weighted by molar-refractivity contribution is 0.0942. The number of carbonyl (C=O) groups is 1. The lowest BCUT2D eigenvalue weighted by Gasteiger charge is -2.27. The van der Waals surface area contributed by atoms with Gasteiger partial charge in [0.15, 0.2) is 0 Å². The van der Waals surface area contributed by atoms with Crippen LogP contribution in [0.4, 0.5) is 5.69 Å². The minimum Gasteiger partial charge on any atom is -0.352 e. The maximum atomic E-state index is 12.3. The number of hydrogen-bond donors (Lipinski definition) is 3. The van der Waals surface area contributed by atoms with Crippen LogP contribution in [0.3, 0.4) is 0 Å². The standard InChI is InChI=1S/C16H18N4O3S.2ClH/c21-16(19-11-12-9-18-10-12)13-1-3-15(4-2-13)24(22,23)20-14-5-7-17-8-6-14;;/h1-8,12,18H,9-11H2,(H,17,20)(H,19,21);2*1H. The highest BCUT2D eigenvalue weighted by Gasteiger charge is 2.18. The Morgan fingerprint density at radius 1 is 1.08 bits per heavy atom. The number of pyridine rings is 1. The second-order valence-corrected chi connectivity index (χ2v) is 7.28. The molecule has 0 atom stereocenters. The predicted molar refractivity (Wildman–Crippen MR) is 105 cm³/mol. The quantitative estimate of drug-likeness (QED) is 0.662. The fourth-order valence-electron chi connectivity index (χ4n) is 2.25. The highest BCUT2D eigenvalue weighted by Crippen LogP contribution is 2.16. The Hall–Kier alpha value is -1.87. The predicted octanol–water partition coefficient (Wildman–Crippen LogP) is 1.68. The zero-order valence-electron chi connectivity index (χ0n) is 13.7. The molecule has 0 saturated carbocycles. The number of hydrogen-bond acceptors (Lipinski definition) is 5. The van der Waals surface area contributed by atoms with Gasteiger partial charge in [0.25, 0.3) is 15.9 Å². The Morgan fingerprint density at radius 2 is 1.69 bits per heavy atom. The molecular weight excluding hydrogens is 399 g/mol. The van der Waals surface area contributed by atoms with E-state index in [2.05, 4.69) is 20.3 Å². The number of rotatable bonds is 6. The van der Waals surface area contributed by atoms with Gasteiger partial charge in [-0.3, -0.25) is 14.5 Å². The second-order valence-electron chi connectivity index (χ2n) is 5.60. The number of nitrogens with zero attached hydrogens (tertiary/aromatic N) is 1. The Kier molecular flexibility index (Phi) is 8.29. The number of anilines is 1. The van der Waals surface area contributed by atoms with Gasteiger partial charge in [0.1, 0.15) is 0 Å². The van der Waals surface area contributed by atoms with Gasteiger partial charge in [-0.15, -0.1) is 24.8 Å². The van der Waals surface area contributed by atoms with Gasteiger partial charge in [0, 0.05) is 43.5 Å². The van der Waals surface area contributed by atoms with E-state index < -0.39 is 10.0 Å². The highest BCUT2D eigenvalue weighted by atomic mass is 35.5. The molecule has 0 bridgehead atoms. The van der Waals surface area contributed by atoms with E-state index in [1.54, 1.807) is 12.1 Å². The SMILES string of the molecule is Cl.Cl.O=C(NCC1CNC1)c1ccc(S(=O)(=O)Nc2ccncc2)cc1. The summed E-state index contributed by atoms with van der Waals surface area (Å²) in [6.45, 7) is 2.45. The van der Waals surface area contributed by atoms with Gasteiger partial charge in [-0.05, 0) is 36.4 Å². The summed E-state index contributed by atoms with van der Waals surface area (Å²) < 4.78 is 27.1. The van der Waals surface area contributed by atoms with Crippen LogP contribution in [0.15, 0.2) is 53.7 Å². The summed E-state index contributed by atoms with van der Waals surface area (Å²) in [4.78, 5) is 16.0. The third kappa shape index (κ3) is 5.57. The molecule has 2 aromatic rings. The van der Waals surface area contributed by atoms with Crippen molar-refractivity contribution >= 4 is 46.4 Å². The molecule has 10 heteroatoms. The number of carbonyl (C=O) groups excluding carboxylic acids is 1. The van der Waals surface area contributed by atoms with E-state index in [1.807, 2.05) is 0 Å². The van der Waals surface area contributed by atoms with Crippen LogP contribution in [-0.4, -0.2) is 38.9 Å². The van der Waals surface area contributed by atoms with E-state index in [4.69, 9.17) is 0 Å². The van der Waals surface area contributed by atoms with Gasteiger partial charge in [-0.1, -0.05) is 0 Å². The summed E-state index contributed by atoms with van der Waals surface area (Å²) in [5.74, 6) is 0.270. The fourth-order valence-corrected chi connectivity index (χ4v) is 3.31. The first-order valence-electron chi connectivity index (χ1n) is 7.56. The maximum Gasteiger partial charge on any atom is 0.261 e. The fraction of sp³-hybridized carbons (Fsp3) is 0.250. The topological polar surface area (TPSA) is 100 Å². The molecule has 3 N–H and O–H groups in total. The average molecular weight is 419 g/mol. The zero-order chi connectivity index (χ0) is 17.0. The van der Waals surface area contributed by atoms with Gasteiger partial charge in [-0.2, -0.15) is 0 Å². The average Bonchev–Trinajstić information content (AvgIpc) is 2.54. The van der Waals surface area contributed by atoms with Crippen molar-refractivity contribution in [1.82, 2.24) is 15.6 Å². The molecule has 0 aliphatic carbocycles. The molecule has 1 aliphatic rings. The number of sulfonamides is 1. The lowest BCUT2D eigenvalue weighted by Crippen LogP contribution is -2.48. The molecule has 1 amide bonds. The monoisotopic (exact) mass is 418 g/mol. The Bertz CT molecular complexity index is 813. The van der Waals surface area contributed by atoms with E-state index in [1.165, 1.54) is 36.7 Å². The minimum absolute atomic E-state index is 0. The molecule has 0 radical (unpaired) electrons. The third-order valence-electron chi connectivity index (χ3n) is 3.78. The summed E-state index contributed by atoms with van der Waals surface area (Å²) in [7, 11) is -3.69. The van der Waals surface area contributed by atoms with Crippen molar-refractivity contribution in [3.63, 3.8) is 0 Å². The van der Waals surface area contributed by atoms with Gasteiger partial charge in [-0.25, -0.2) is 8.42 Å². The summed E-state index contributed by atoms with van der Waals surface area (Å²) >= 11 is 0. The van der Waals surface area contributed by atoms with Crippen LogP contribution in [0.5, 0.6) is 0 Å². The van der Waals surface area contributed by atoms with Crippen LogP contribution in [0.25, 0.3) is 0 Å². The number of halogens is 2. The number of amides is 1. The van der Waals surface area contributed by atoms with E-state index in [-0.39, 0.29) is 35.6 Å². The van der Waals surface area contributed by atoms with Crippen molar-refractivity contribution in [2.24, 2.45) is 5.92 Å². The zero-order valence-corrected chi connectivity index (χ0v) is 16.2. The van der Waals surface area contributed by atoms with Crippen LogP contribution in [0.2, 0.25) is 0 Å². The molecule has 26 heavy (non-hydrogen) atoms. The van der Waals surface area contributed by atoms with Crippen molar-refractivity contribution in [1.29, 1.82) is 0 Å². The Labute approximate surface area is 164 Å². The number of benzene rings is 1. The molecule has 142 valence electrons. The number of nitrogens with one attached hydrogen (secondary N) is 3. The molecule has 1 aromatic heterocycles. The molecule has 0 unspecified atom stereocenters. The molecule has 0 spiro atoms. The molecule has 1 aliphatic heterocycles. The molecule has 1 aromatic carbocycles. The Morgan fingerprint density at radius 3 is 2.23 bits per heavy atom. The van der Waals surface area contributed by atoms with Crippen LogP contribution in [0.1, 0.15) is 10.4 Å². The minimum atomic E-state index is -3.69. The summed E-state index contributed by atoms with van der Waals surface area (Å²) in [5, 5.41) is 5.99. The van der Waals surface area contributed by atoms with Crippen LogP contribution >= 0.6 is 24.8 Å². The van der Waals surface area contributed by atoms with E-state index in [0.717, 1.165) is 13.1 Å². The first-order chi connectivity index (χ1) is 11.5. The van der Waals surface area contributed by atoms with E-state index in [0.29, 0.717) is 23.7 Å². The normalized spacial score (nSPS) is 13.5. The largest absolute Gasteiger partial charge is 0.352 e. The molecule has 3 rings (SSSR count). The van der Waals surface area contributed by atoms with Crippen LogP contribution < -0.4 is 15.4 Å². The van der Waals surface area contributed by atoms with Crippen LogP contribution in [-0.2, 0) is 10.0 Å². The summed E-state index contributed by atoms with van der Waals surface area (Å²) in [5.41, 5.74) is 0.867. The molecular formula is C16H20Cl2N4O3S. The van der Waals surface area contributed by atoms with Crippen molar-refractivity contribution < 1.29 is 13.2 Å². The maximum absolute atomic E-state index is 12.3. The molecule has 2 heterocycles. The Balaban J connectivity index is 0.00000169. The van der Waals surface area contributed by atoms with Gasteiger partial charge in [0.2, 0.25) is 0 Å². The summed E-state index contributed by atoms with van der Waals surface area (Å²) in [6.07, 6.45) is 3.01. The van der Waals surface area contributed by atoms with Crippen molar-refractivity contribution in [3.8, 4) is 0 Å². The molecule has 1 saturated heterocycles. The third-order valence-corrected chi connectivity index (χ3v) is 5.17. The molecule has 7 nitrogen and oxygen atoms in total. The van der Waals surface area contributed by atoms with Crippen molar-refractivity contribution in [3.05, 3.63) is 54.4 Å². The highest BCUT2D eigenvalue weighted by molar-refractivity contribution is 7.92. The van der Waals surface area contributed by atoms with E-state index in [9.17, 15) is 13.2 Å². The number of aromatic nitrogens is 1. The van der Waals surface area contributed by atoms with Gasteiger partial charge in [0.05, 0.1) is 10.6 Å². The van der Waals surface area contributed by atoms with Gasteiger partial charge >= 0.3 is 0 Å². The first-order valence-corrected chi connectivity index (χ1v) is 9.05. The van der Waals surface area contributed by atoms with Gasteiger partial charge < -0.3 is 10.6 Å². The first kappa shape index (κ1) is 22.2. The lowest BCUT2D eigenvalue weighted by atomic mass is 10.0. The van der Waals surface area contributed by atoms with Crippen LogP contribution in [0, 0.1) is 5.92 Å². The summed E-state index contributed by atoms with van der Waals surface area (Å²) in [6, 6.07) is 8.99. The van der Waals surface area contributed by atoms with Crippen molar-refractivity contribution in [2.45, 2.75) is 4.90 Å². The van der Waals surface area contributed by atoms with E-state index >= 15 is 0 Å². The smallest absolute Gasteiger partial charge is 0.261 e. The van der Waals surface area contributed by atoms with Crippen molar-refractivity contribution in [2.75, 3.05) is 24.4 Å². The second kappa shape index (κ2) is 9.72.